The molecule has 0 radical (unpaired) electrons. The predicted molar refractivity (Wildman–Crippen MR) is 366 cm³/mol. The molecular formula is C80H64N8O2. The number of anilines is 6. The molecule has 436 valence electrons. The van der Waals surface area contributed by atoms with E-state index in [2.05, 4.69) is 254 Å². The second kappa shape index (κ2) is 23.7. The minimum absolute atomic E-state index is 0.000930. The van der Waals surface area contributed by atoms with E-state index in [0.717, 1.165) is 112 Å². The number of nitrogens with zero attached hydrogens (tertiary/aromatic N) is 8. The number of benzene rings is 11. The summed E-state index contributed by atoms with van der Waals surface area (Å²) in [5.41, 5.74) is 21.1. The summed E-state index contributed by atoms with van der Waals surface area (Å²) in [6.45, 7) is 13.5. The lowest BCUT2D eigenvalue weighted by molar-refractivity contribution is 0.584. The third-order valence-electron chi connectivity index (χ3n) is 16.4. The minimum Gasteiger partial charge on any atom is -0.416 e. The number of fused-ring (bicyclic) bond motifs is 1. The number of hydrogen-bond acceptors (Lipinski definition) is 10. The molecule has 11 aromatic carbocycles. The van der Waals surface area contributed by atoms with Crippen LogP contribution in [0.1, 0.15) is 52.7 Å². The van der Waals surface area contributed by atoms with Crippen LogP contribution in [-0.2, 0) is 10.8 Å². The molecule has 10 nitrogen and oxygen atoms in total. The molecule has 0 saturated heterocycles. The molecule has 0 unspecified atom stereocenters. The highest BCUT2D eigenvalue weighted by molar-refractivity contribution is 5.96. The van der Waals surface area contributed by atoms with Crippen LogP contribution in [0.25, 0.3) is 102 Å². The van der Waals surface area contributed by atoms with E-state index in [1.165, 1.54) is 11.1 Å². The van der Waals surface area contributed by atoms with Crippen LogP contribution in [0.2, 0.25) is 0 Å². The van der Waals surface area contributed by atoms with Crippen molar-refractivity contribution in [2.45, 2.75) is 52.4 Å². The average Bonchev–Trinajstić information content (AvgIpc) is 1.31. The van der Waals surface area contributed by atoms with Crippen LogP contribution >= 0.6 is 0 Å². The van der Waals surface area contributed by atoms with Crippen molar-refractivity contribution in [2.75, 3.05) is 9.80 Å². The van der Waals surface area contributed by atoms with Gasteiger partial charge >= 0.3 is 0 Å². The third kappa shape index (κ3) is 11.6. The zero-order valence-electron chi connectivity index (χ0n) is 51.0. The van der Waals surface area contributed by atoms with E-state index in [1.807, 2.05) is 97.1 Å². The summed E-state index contributed by atoms with van der Waals surface area (Å²) in [6.07, 6.45) is 0. The monoisotopic (exact) mass is 1170 g/mol. The predicted octanol–water partition coefficient (Wildman–Crippen LogP) is 21.3. The normalized spacial score (nSPS) is 11.7. The molecule has 0 spiro atoms. The Bertz CT molecular complexity index is 4460. The van der Waals surface area contributed by atoms with E-state index in [4.69, 9.17) is 18.8 Å². The summed E-state index contributed by atoms with van der Waals surface area (Å²) in [4.78, 5) is 15.8. The van der Waals surface area contributed by atoms with E-state index in [-0.39, 0.29) is 10.8 Å². The van der Waals surface area contributed by atoms with Gasteiger partial charge in [-0.3, -0.25) is 0 Å². The second-order valence-corrected chi connectivity index (χ2v) is 24.5. The van der Waals surface area contributed by atoms with Crippen molar-refractivity contribution >= 4 is 45.2 Å². The molecule has 0 saturated carbocycles. The van der Waals surface area contributed by atoms with Crippen LogP contribution < -0.4 is 9.80 Å². The Labute approximate surface area is 524 Å². The van der Waals surface area contributed by atoms with E-state index in [9.17, 15) is 0 Å². The first-order valence-corrected chi connectivity index (χ1v) is 30.3. The van der Waals surface area contributed by atoms with Crippen LogP contribution in [0, 0.1) is 0 Å². The molecule has 0 aliphatic heterocycles. The first-order valence-electron chi connectivity index (χ1n) is 30.3. The quantitative estimate of drug-likeness (QED) is 0.104. The summed E-state index contributed by atoms with van der Waals surface area (Å²) in [6, 6.07) is 96.6. The van der Waals surface area contributed by atoms with Gasteiger partial charge in [-0.1, -0.05) is 187 Å². The molecule has 0 aliphatic carbocycles. The van der Waals surface area contributed by atoms with Gasteiger partial charge < -0.3 is 18.6 Å². The molecule has 0 N–H and O–H groups in total. The topological polar surface area (TPSA) is 110 Å². The van der Waals surface area contributed by atoms with Gasteiger partial charge in [0.15, 0.2) is 0 Å². The van der Waals surface area contributed by atoms with Crippen LogP contribution in [0.3, 0.4) is 0 Å². The molecule has 90 heavy (non-hydrogen) atoms. The summed E-state index contributed by atoms with van der Waals surface area (Å²) in [5, 5.41) is 17.5. The lowest BCUT2D eigenvalue weighted by Crippen LogP contribution is -2.10. The Balaban J connectivity index is 0.875. The standard InChI is InChI=1S/C80H64N8O2/c1-79(2,3)61-39-27-53(28-40-61)69-51-71-72(52-70(69)54-29-41-62(42-30-54)80(4,5)6)82-74(56-33-45-66(46-34-56)88(64-25-17-10-18-26-64)68-49-37-60(38-50-68)78-86-84-76(90-78)58-21-13-8-14-22-58)73(81-71)55-31-43-65(44-32-55)87(63-23-15-9-16-24-63)67-47-35-59(36-48-67)77-85-83-75(89-77)57-19-11-7-12-20-57/h7-52H,1-6H3. The SMILES string of the molecule is CC(C)(C)c1ccc(-c2cc3nc(-c4ccc(N(c5ccccc5)c5ccc(-c6nnc(-c7ccccc7)o6)cc5)cc4)c(-c4ccc(N(c5ccccc5)c5ccc(-c6nnc(-c7ccccc7)o6)cc5)cc4)nc3cc2-c2ccc(C(C)(C)C)cc2)cc1. The molecule has 10 heteroatoms. The highest BCUT2D eigenvalue weighted by Gasteiger charge is 2.23. The zero-order chi connectivity index (χ0) is 61.3. The van der Waals surface area contributed by atoms with Crippen LogP contribution in [0.5, 0.6) is 0 Å². The van der Waals surface area contributed by atoms with E-state index >= 15 is 0 Å². The van der Waals surface area contributed by atoms with Gasteiger partial charge in [-0.15, -0.1) is 20.4 Å². The van der Waals surface area contributed by atoms with Gasteiger partial charge in [0.25, 0.3) is 0 Å². The van der Waals surface area contributed by atoms with Crippen molar-refractivity contribution < 1.29 is 8.83 Å². The molecule has 0 aliphatic rings. The molecule has 3 heterocycles. The maximum absolute atomic E-state index is 6.16. The van der Waals surface area contributed by atoms with Crippen molar-refractivity contribution in [3.05, 3.63) is 290 Å². The third-order valence-corrected chi connectivity index (χ3v) is 16.4. The fourth-order valence-electron chi connectivity index (χ4n) is 11.4. The number of rotatable bonds is 14. The molecule has 0 atom stereocenters. The van der Waals surface area contributed by atoms with Gasteiger partial charge in [0, 0.05) is 67.5 Å². The minimum atomic E-state index is 0.000930. The number of aromatic nitrogens is 6. The Kier molecular flexibility index (Phi) is 14.9. The lowest BCUT2D eigenvalue weighted by Gasteiger charge is -2.26. The van der Waals surface area contributed by atoms with Crippen LogP contribution in [-0.4, -0.2) is 30.4 Å². The highest BCUT2D eigenvalue weighted by atomic mass is 16.4. The molecule has 0 fully saturated rings. The molecule has 14 aromatic rings. The van der Waals surface area contributed by atoms with Gasteiger partial charge in [0.05, 0.1) is 22.4 Å². The first kappa shape index (κ1) is 56.4. The summed E-state index contributed by atoms with van der Waals surface area (Å²) >= 11 is 0. The van der Waals surface area contributed by atoms with Crippen molar-refractivity contribution in [3.8, 4) is 90.6 Å². The maximum Gasteiger partial charge on any atom is 0.248 e. The second-order valence-electron chi connectivity index (χ2n) is 24.5. The van der Waals surface area contributed by atoms with E-state index in [1.54, 1.807) is 0 Å². The van der Waals surface area contributed by atoms with Gasteiger partial charge in [-0.05, 0) is 178 Å². The Morgan fingerprint density at radius 1 is 0.256 bits per heavy atom. The Morgan fingerprint density at radius 3 is 0.789 bits per heavy atom. The van der Waals surface area contributed by atoms with Gasteiger partial charge in [0.1, 0.15) is 0 Å². The van der Waals surface area contributed by atoms with Crippen molar-refractivity contribution in [2.24, 2.45) is 0 Å². The largest absolute Gasteiger partial charge is 0.416 e. The van der Waals surface area contributed by atoms with Crippen LogP contribution in [0.4, 0.5) is 34.1 Å². The number of para-hydroxylation sites is 2. The lowest BCUT2D eigenvalue weighted by atomic mass is 9.84. The molecular weight excluding hydrogens is 1100 g/mol. The van der Waals surface area contributed by atoms with E-state index < -0.39 is 0 Å². The molecule has 0 amide bonds. The fourth-order valence-corrected chi connectivity index (χ4v) is 11.4. The zero-order valence-corrected chi connectivity index (χ0v) is 51.0. The average molecular weight is 1170 g/mol. The Hall–Kier alpha value is -11.4. The summed E-state index contributed by atoms with van der Waals surface area (Å²) < 4.78 is 12.3. The highest BCUT2D eigenvalue weighted by Crippen LogP contribution is 2.43. The first-order chi connectivity index (χ1) is 43.8. The fraction of sp³-hybridized carbons (Fsp3) is 0.100. The Morgan fingerprint density at radius 2 is 0.500 bits per heavy atom. The van der Waals surface area contributed by atoms with Gasteiger partial charge in [-0.2, -0.15) is 0 Å². The van der Waals surface area contributed by atoms with E-state index in [0.29, 0.717) is 23.6 Å². The number of hydrogen-bond donors (Lipinski definition) is 0. The molecule has 3 aromatic heterocycles. The summed E-state index contributed by atoms with van der Waals surface area (Å²) in [7, 11) is 0. The summed E-state index contributed by atoms with van der Waals surface area (Å²) in [5.74, 6) is 1.86. The smallest absolute Gasteiger partial charge is 0.248 e. The maximum atomic E-state index is 6.16. The molecule has 14 rings (SSSR count). The van der Waals surface area contributed by atoms with Crippen molar-refractivity contribution in [1.29, 1.82) is 0 Å². The molecule has 0 bridgehead atoms. The van der Waals surface area contributed by atoms with Crippen molar-refractivity contribution in [3.63, 3.8) is 0 Å². The van der Waals surface area contributed by atoms with Gasteiger partial charge in [-0.25, -0.2) is 9.97 Å². The van der Waals surface area contributed by atoms with Crippen molar-refractivity contribution in [1.82, 2.24) is 30.4 Å². The van der Waals surface area contributed by atoms with Gasteiger partial charge in [0.2, 0.25) is 23.6 Å². The van der Waals surface area contributed by atoms with Crippen LogP contribution in [0.15, 0.2) is 288 Å².